The Morgan fingerprint density at radius 1 is 1.35 bits per heavy atom. The highest BCUT2D eigenvalue weighted by Crippen LogP contribution is 2.16. The average Bonchev–Trinajstić information content (AvgIpc) is 2.27. The molecule has 94 valence electrons. The number of aryl methyl sites for hydroxylation is 2. The quantitative estimate of drug-likeness (QED) is 0.803. The zero-order valence-corrected chi connectivity index (χ0v) is 11.5. The van der Waals surface area contributed by atoms with Crippen molar-refractivity contribution in [2.24, 2.45) is 0 Å². The van der Waals surface area contributed by atoms with Crippen molar-refractivity contribution in [1.29, 1.82) is 0 Å². The van der Waals surface area contributed by atoms with E-state index in [1.165, 1.54) is 11.1 Å². The van der Waals surface area contributed by atoms with E-state index in [0.717, 1.165) is 12.8 Å². The van der Waals surface area contributed by atoms with Crippen molar-refractivity contribution in [2.75, 3.05) is 5.88 Å². The molecular formula is C14H20ClNO. The summed E-state index contributed by atoms with van der Waals surface area (Å²) >= 11 is 5.49. The van der Waals surface area contributed by atoms with E-state index in [2.05, 4.69) is 24.4 Å². The summed E-state index contributed by atoms with van der Waals surface area (Å²) in [5.41, 5.74) is 2.42. The molecular weight excluding hydrogens is 234 g/mol. The molecule has 0 aliphatic carbocycles. The van der Waals surface area contributed by atoms with Crippen LogP contribution in [-0.2, 0) is 11.2 Å². The SMILES string of the molecule is Cc1ccccc1CCC(C)(C)NC(=O)CCl. The van der Waals surface area contributed by atoms with Crippen LogP contribution in [0.5, 0.6) is 0 Å². The van der Waals surface area contributed by atoms with Crippen LogP contribution >= 0.6 is 11.6 Å². The first-order chi connectivity index (χ1) is 7.94. The average molecular weight is 254 g/mol. The highest BCUT2D eigenvalue weighted by molar-refractivity contribution is 6.27. The summed E-state index contributed by atoms with van der Waals surface area (Å²) in [5, 5.41) is 2.92. The van der Waals surface area contributed by atoms with Crippen molar-refractivity contribution in [3.63, 3.8) is 0 Å². The van der Waals surface area contributed by atoms with Crippen molar-refractivity contribution < 1.29 is 4.79 Å². The molecule has 1 aromatic carbocycles. The topological polar surface area (TPSA) is 29.1 Å². The number of alkyl halides is 1. The third-order valence-corrected chi connectivity index (χ3v) is 3.12. The zero-order chi connectivity index (χ0) is 12.9. The third kappa shape index (κ3) is 4.78. The summed E-state index contributed by atoms with van der Waals surface area (Å²) in [6, 6.07) is 8.33. The predicted molar refractivity (Wildman–Crippen MR) is 72.4 cm³/mol. The monoisotopic (exact) mass is 253 g/mol. The van der Waals surface area contributed by atoms with Crippen molar-refractivity contribution in [3.8, 4) is 0 Å². The Balaban J connectivity index is 2.55. The first kappa shape index (κ1) is 14.0. The van der Waals surface area contributed by atoms with E-state index >= 15 is 0 Å². The molecule has 0 aliphatic heterocycles. The van der Waals surface area contributed by atoms with Gasteiger partial charge in [0.2, 0.25) is 5.91 Å². The van der Waals surface area contributed by atoms with Crippen LogP contribution in [0.4, 0.5) is 0 Å². The Kier molecular flexibility index (Phi) is 5.01. The van der Waals surface area contributed by atoms with Gasteiger partial charge in [-0.2, -0.15) is 0 Å². The lowest BCUT2D eigenvalue weighted by Crippen LogP contribution is -2.44. The molecule has 3 heteroatoms. The molecule has 17 heavy (non-hydrogen) atoms. The summed E-state index contributed by atoms with van der Waals surface area (Å²) in [5.74, 6) is -0.0881. The maximum atomic E-state index is 11.3. The molecule has 1 amide bonds. The van der Waals surface area contributed by atoms with Crippen molar-refractivity contribution >= 4 is 17.5 Å². The van der Waals surface area contributed by atoms with Gasteiger partial charge in [-0.15, -0.1) is 11.6 Å². The van der Waals surface area contributed by atoms with Gasteiger partial charge < -0.3 is 5.32 Å². The first-order valence-corrected chi connectivity index (χ1v) is 6.39. The molecule has 0 aliphatic rings. The highest BCUT2D eigenvalue weighted by Gasteiger charge is 2.19. The van der Waals surface area contributed by atoms with E-state index in [9.17, 15) is 4.79 Å². The molecule has 1 aromatic rings. The molecule has 0 fully saturated rings. The van der Waals surface area contributed by atoms with Crippen LogP contribution in [0.2, 0.25) is 0 Å². The summed E-state index contributed by atoms with van der Waals surface area (Å²) in [6.45, 7) is 6.16. The summed E-state index contributed by atoms with van der Waals surface area (Å²) < 4.78 is 0. The minimum Gasteiger partial charge on any atom is -0.350 e. The fourth-order valence-electron chi connectivity index (χ4n) is 1.81. The number of carbonyl (C=O) groups is 1. The fourth-order valence-corrected chi connectivity index (χ4v) is 1.88. The second kappa shape index (κ2) is 6.06. The van der Waals surface area contributed by atoms with E-state index in [-0.39, 0.29) is 17.3 Å². The molecule has 0 atom stereocenters. The van der Waals surface area contributed by atoms with Crippen LogP contribution < -0.4 is 5.32 Å². The number of rotatable bonds is 5. The molecule has 1 rings (SSSR count). The molecule has 0 bridgehead atoms. The second-order valence-electron chi connectivity index (χ2n) is 4.99. The largest absolute Gasteiger partial charge is 0.350 e. The fraction of sp³-hybridized carbons (Fsp3) is 0.500. The van der Waals surface area contributed by atoms with Gasteiger partial charge in [-0.05, 0) is 44.7 Å². The van der Waals surface area contributed by atoms with Gasteiger partial charge in [0.15, 0.2) is 0 Å². The van der Waals surface area contributed by atoms with Gasteiger partial charge in [-0.3, -0.25) is 4.79 Å². The van der Waals surface area contributed by atoms with Crippen molar-refractivity contribution in [3.05, 3.63) is 35.4 Å². The van der Waals surface area contributed by atoms with Gasteiger partial charge in [-0.25, -0.2) is 0 Å². The standard InChI is InChI=1S/C14H20ClNO/c1-11-6-4-5-7-12(11)8-9-14(2,3)16-13(17)10-15/h4-7H,8-10H2,1-3H3,(H,16,17). The number of hydrogen-bond donors (Lipinski definition) is 1. The smallest absolute Gasteiger partial charge is 0.235 e. The van der Waals surface area contributed by atoms with Crippen LogP contribution in [-0.4, -0.2) is 17.3 Å². The number of halogens is 1. The highest BCUT2D eigenvalue weighted by atomic mass is 35.5. The summed E-state index contributed by atoms with van der Waals surface area (Å²) in [6.07, 6.45) is 1.86. The predicted octanol–water partition coefficient (Wildman–Crippen LogP) is 3.06. The number of benzene rings is 1. The summed E-state index contributed by atoms with van der Waals surface area (Å²) in [7, 11) is 0. The molecule has 0 aromatic heterocycles. The minimum absolute atomic E-state index is 0.0216. The molecule has 0 unspecified atom stereocenters. The Bertz CT molecular complexity index is 388. The first-order valence-electron chi connectivity index (χ1n) is 5.86. The van der Waals surface area contributed by atoms with E-state index in [1.54, 1.807) is 0 Å². The van der Waals surface area contributed by atoms with Crippen LogP contribution in [0.15, 0.2) is 24.3 Å². The lowest BCUT2D eigenvalue weighted by molar-refractivity contribution is -0.120. The molecule has 0 saturated heterocycles. The zero-order valence-electron chi connectivity index (χ0n) is 10.7. The minimum atomic E-state index is -0.214. The second-order valence-corrected chi connectivity index (χ2v) is 5.26. The Morgan fingerprint density at radius 2 is 2.00 bits per heavy atom. The van der Waals surface area contributed by atoms with Gasteiger partial charge in [0.05, 0.1) is 0 Å². The molecule has 0 spiro atoms. The molecule has 2 nitrogen and oxygen atoms in total. The van der Waals surface area contributed by atoms with E-state index in [4.69, 9.17) is 11.6 Å². The van der Waals surface area contributed by atoms with E-state index in [1.807, 2.05) is 26.0 Å². The van der Waals surface area contributed by atoms with Crippen LogP contribution in [0, 0.1) is 6.92 Å². The molecule has 0 saturated carbocycles. The van der Waals surface area contributed by atoms with Crippen LogP contribution in [0.3, 0.4) is 0 Å². The van der Waals surface area contributed by atoms with Gasteiger partial charge in [0.25, 0.3) is 0 Å². The number of amides is 1. The van der Waals surface area contributed by atoms with Gasteiger partial charge >= 0.3 is 0 Å². The van der Waals surface area contributed by atoms with E-state index < -0.39 is 0 Å². The lowest BCUT2D eigenvalue weighted by Gasteiger charge is -2.26. The number of carbonyl (C=O) groups excluding carboxylic acids is 1. The van der Waals surface area contributed by atoms with Crippen LogP contribution in [0.25, 0.3) is 0 Å². The van der Waals surface area contributed by atoms with Gasteiger partial charge in [0, 0.05) is 5.54 Å². The normalized spacial score (nSPS) is 11.3. The number of nitrogens with one attached hydrogen (secondary N) is 1. The Hall–Kier alpha value is -1.02. The Morgan fingerprint density at radius 3 is 2.59 bits per heavy atom. The van der Waals surface area contributed by atoms with Crippen LogP contribution in [0.1, 0.15) is 31.4 Å². The molecule has 0 heterocycles. The molecule has 1 N–H and O–H groups in total. The maximum Gasteiger partial charge on any atom is 0.235 e. The third-order valence-electron chi connectivity index (χ3n) is 2.88. The lowest BCUT2D eigenvalue weighted by atomic mass is 9.93. The maximum absolute atomic E-state index is 11.3. The Labute approximate surface area is 108 Å². The molecule has 0 radical (unpaired) electrons. The number of hydrogen-bond acceptors (Lipinski definition) is 1. The van der Waals surface area contributed by atoms with Gasteiger partial charge in [-0.1, -0.05) is 24.3 Å². The van der Waals surface area contributed by atoms with E-state index in [0.29, 0.717) is 0 Å². The summed E-state index contributed by atoms with van der Waals surface area (Å²) in [4.78, 5) is 11.3. The van der Waals surface area contributed by atoms with Gasteiger partial charge in [0.1, 0.15) is 5.88 Å². The van der Waals surface area contributed by atoms with Crippen molar-refractivity contribution in [1.82, 2.24) is 5.32 Å². The van der Waals surface area contributed by atoms with Crippen molar-refractivity contribution in [2.45, 2.75) is 39.2 Å².